The quantitative estimate of drug-likeness (QED) is 0.804. The molecule has 0 bridgehead atoms. The fourth-order valence-electron chi connectivity index (χ4n) is 2.40. The fourth-order valence-corrected chi connectivity index (χ4v) is 2.40. The van der Waals surface area contributed by atoms with Gasteiger partial charge >= 0.3 is 0 Å². The molecule has 1 aliphatic heterocycles. The number of rotatable bonds is 1. The van der Waals surface area contributed by atoms with Crippen LogP contribution >= 0.6 is 0 Å². The molecule has 0 saturated carbocycles. The summed E-state index contributed by atoms with van der Waals surface area (Å²) in [5.41, 5.74) is 4.16. The normalized spacial score (nSPS) is 14.1. The van der Waals surface area contributed by atoms with Crippen molar-refractivity contribution in [3.05, 3.63) is 47.7 Å². The maximum Gasteiger partial charge on any atom is 0.101 e. The fraction of sp³-hybridized carbons (Fsp3) is 0.214. The second kappa shape index (κ2) is 4.08. The number of nitrogens with one attached hydrogen (secondary N) is 1. The molecule has 84 valence electrons. The molecule has 3 heteroatoms. The van der Waals surface area contributed by atoms with E-state index in [9.17, 15) is 5.26 Å². The molecule has 1 aromatic heterocycles. The summed E-state index contributed by atoms with van der Waals surface area (Å²) in [6.45, 7) is 2.75. The van der Waals surface area contributed by atoms with Crippen LogP contribution in [0.5, 0.6) is 0 Å². The monoisotopic (exact) mass is 223 g/mol. The molecule has 1 aliphatic rings. The van der Waals surface area contributed by atoms with Gasteiger partial charge in [-0.05, 0) is 11.6 Å². The van der Waals surface area contributed by atoms with E-state index in [1.54, 1.807) is 0 Å². The molecule has 2 heterocycles. The van der Waals surface area contributed by atoms with Crippen LogP contribution in [0.4, 0.5) is 0 Å². The van der Waals surface area contributed by atoms with Crippen molar-refractivity contribution in [2.45, 2.75) is 13.1 Å². The summed E-state index contributed by atoms with van der Waals surface area (Å²) in [4.78, 5) is 0. The van der Waals surface area contributed by atoms with E-state index in [-0.39, 0.29) is 0 Å². The van der Waals surface area contributed by atoms with Gasteiger partial charge in [-0.15, -0.1) is 0 Å². The number of hydrogen-bond donors (Lipinski definition) is 1. The Hall–Kier alpha value is -2.05. The van der Waals surface area contributed by atoms with Crippen molar-refractivity contribution in [2.24, 2.45) is 0 Å². The summed E-state index contributed by atoms with van der Waals surface area (Å²) in [6.07, 6.45) is 0. The highest BCUT2D eigenvalue weighted by molar-refractivity contribution is 5.68. The summed E-state index contributed by atoms with van der Waals surface area (Å²) in [5, 5.41) is 12.6. The van der Waals surface area contributed by atoms with Crippen LogP contribution in [-0.4, -0.2) is 11.1 Å². The third-order valence-corrected chi connectivity index (χ3v) is 3.17. The Morgan fingerprint density at radius 3 is 2.82 bits per heavy atom. The van der Waals surface area contributed by atoms with Gasteiger partial charge in [-0.2, -0.15) is 5.26 Å². The van der Waals surface area contributed by atoms with Gasteiger partial charge in [0, 0.05) is 25.3 Å². The molecule has 2 aromatic rings. The van der Waals surface area contributed by atoms with Gasteiger partial charge in [0.05, 0.1) is 11.3 Å². The summed E-state index contributed by atoms with van der Waals surface area (Å²) < 4.78 is 2.25. The molecule has 1 N–H and O–H groups in total. The van der Waals surface area contributed by atoms with Gasteiger partial charge < -0.3 is 9.88 Å². The molecule has 1 aromatic carbocycles. The lowest BCUT2D eigenvalue weighted by atomic mass is 10.1. The van der Waals surface area contributed by atoms with Gasteiger partial charge in [0.15, 0.2) is 0 Å². The van der Waals surface area contributed by atoms with Crippen molar-refractivity contribution < 1.29 is 0 Å². The van der Waals surface area contributed by atoms with E-state index >= 15 is 0 Å². The molecule has 3 rings (SSSR count). The van der Waals surface area contributed by atoms with E-state index in [1.165, 1.54) is 5.69 Å². The molecule has 3 nitrogen and oxygen atoms in total. The smallest absolute Gasteiger partial charge is 0.101 e. The highest BCUT2D eigenvalue weighted by Crippen LogP contribution is 2.28. The largest absolute Gasteiger partial charge is 0.341 e. The maximum atomic E-state index is 9.25. The van der Waals surface area contributed by atoms with Crippen molar-refractivity contribution >= 4 is 0 Å². The van der Waals surface area contributed by atoms with E-state index in [0.717, 1.165) is 36.5 Å². The maximum absolute atomic E-state index is 9.25. The van der Waals surface area contributed by atoms with Gasteiger partial charge in [-0.25, -0.2) is 0 Å². The molecular weight excluding hydrogens is 210 g/mol. The Morgan fingerprint density at radius 1 is 1.24 bits per heavy atom. The van der Waals surface area contributed by atoms with Crippen molar-refractivity contribution in [1.29, 1.82) is 5.26 Å². The first-order valence-corrected chi connectivity index (χ1v) is 5.79. The van der Waals surface area contributed by atoms with Crippen LogP contribution in [0.1, 0.15) is 11.3 Å². The molecule has 0 saturated heterocycles. The predicted octanol–water partition coefficient (Wildman–Crippen LogP) is 2.13. The molecule has 0 aliphatic carbocycles. The SMILES string of the molecule is N#Cc1cc2n(c1-c1ccccc1)CCNC2. The molecule has 0 radical (unpaired) electrons. The number of fused-ring (bicyclic) bond motifs is 1. The first kappa shape index (κ1) is 10.1. The molecule has 0 atom stereocenters. The summed E-state index contributed by atoms with van der Waals surface area (Å²) in [7, 11) is 0. The third kappa shape index (κ3) is 1.63. The standard InChI is InChI=1S/C14H13N3/c15-9-12-8-13-10-16-6-7-17(13)14(12)11-4-2-1-3-5-11/h1-5,8,16H,6-7,10H2. The van der Waals surface area contributed by atoms with Crippen LogP contribution in [0, 0.1) is 11.3 Å². The Kier molecular flexibility index (Phi) is 2.43. The molecule has 0 fully saturated rings. The average Bonchev–Trinajstić information content (AvgIpc) is 2.78. The minimum atomic E-state index is 0.773. The summed E-state index contributed by atoms with van der Waals surface area (Å²) in [6, 6.07) is 14.4. The highest BCUT2D eigenvalue weighted by Gasteiger charge is 2.18. The second-order valence-electron chi connectivity index (χ2n) is 4.20. The molecule has 0 amide bonds. The molecule has 0 unspecified atom stereocenters. The first-order chi connectivity index (χ1) is 8.40. The third-order valence-electron chi connectivity index (χ3n) is 3.17. The lowest BCUT2D eigenvalue weighted by molar-refractivity contribution is 0.520. The van der Waals surface area contributed by atoms with E-state index < -0.39 is 0 Å². The predicted molar refractivity (Wildman–Crippen MR) is 66.3 cm³/mol. The lowest BCUT2D eigenvalue weighted by Crippen LogP contribution is -2.27. The van der Waals surface area contributed by atoms with Crippen LogP contribution in [0.15, 0.2) is 36.4 Å². The van der Waals surface area contributed by atoms with Crippen LogP contribution in [0.2, 0.25) is 0 Å². The van der Waals surface area contributed by atoms with Gasteiger partial charge in [0.2, 0.25) is 0 Å². The molecular formula is C14H13N3. The zero-order valence-corrected chi connectivity index (χ0v) is 9.48. The van der Waals surface area contributed by atoms with E-state index in [4.69, 9.17) is 0 Å². The Morgan fingerprint density at radius 2 is 2.06 bits per heavy atom. The van der Waals surface area contributed by atoms with Gasteiger partial charge in [0.25, 0.3) is 0 Å². The number of aromatic nitrogens is 1. The van der Waals surface area contributed by atoms with Crippen molar-refractivity contribution in [3.63, 3.8) is 0 Å². The molecule has 0 spiro atoms. The first-order valence-electron chi connectivity index (χ1n) is 5.79. The summed E-state index contributed by atoms with van der Waals surface area (Å²) in [5.74, 6) is 0. The van der Waals surface area contributed by atoms with E-state index in [0.29, 0.717) is 0 Å². The zero-order valence-electron chi connectivity index (χ0n) is 9.48. The van der Waals surface area contributed by atoms with Crippen LogP contribution in [0.25, 0.3) is 11.3 Å². The minimum absolute atomic E-state index is 0.773. The van der Waals surface area contributed by atoms with Crippen LogP contribution < -0.4 is 5.32 Å². The van der Waals surface area contributed by atoms with Crippen LogP contribution in [0.3, 0.4) is 0 Å². The number of nitrogens with zero attached hydrogens (tertiary/aromatic N) is 2. The van der Waals surface area contributed by atoms with Crippen molar-refractivity contribution in [3.8, 4) is 17.3 Å². The van der Waals surface area contributed by atoms with Gasteiger partial charge in [-0.1, -0.05) is 30.3 Å². The summed E-state index contributed by atoms with van der Waals surface area (Å²) >= 11 is 0. The average molecular weight is 223 g/mol. The van der Waals surface area contributed by atoms with Crippen molar-refractivity contribution in [1.82, 2.24) is 9.88 Å². The van der Waals surface area contributed by atoms with Crippen molar-refractivity contribution in [2.75, 3.05) is 6.54 Å². The van der Waals surface area contributed by atoms with Gasteiger partial charge in [-0.3, -0.25) is 0 Å². The number of benzene rings is 1. The lowest BCUT2D eigenvalue weighted by Gasteiger charge is -2.19. The Balaban J connectivity index is 2.22. The highest BCUT2D eigenvalue weighted by atomic mass is 15.1. The topological polar surface area (TPSA) is 40.8 Å². The van der Waals surface area contributed by atoms with Crippen LogP contribution in [-0.2, 0) is 13.1 Å². The second-order valence-corrected chi connectivity index (χ2v) is 4.20. The van der Waals surface area contributed by atoms with Gasteiger partial charge in [0.1, 0.15) is 6.07 Å². The zero-order chi connectivity index (χ0) is 11.7. The Bertz CT molecular complexity index is 576. The van der Waals surface area contributed by atoms with E-state index in [2.05, 4.69) is 28.1 Å². The van der Waals surface area contributed by atoms with E-state index in [1.807, 2.05) is 24.3 Å². The minimum Gasteiger partial charge on any atom is -0.341 e. The Labute approximate surface area is 100 Å². The molecule has 17 heavy (non-hydrogen) atoms. The number of hydrogen-bond acceptors (Lipinski definition) is 2. The number of nitriles is 1.